The molecule has 1 aromatic carbocycles. The summed E-state index contributed by atoms with van der Waals surface area (Å²) in [5.74, 6) is 0.905. The number of hydrogen-bond donors (Lipinski definition) is 1. The number of nitrogens with one attached hydrogen (secondary N) is 1. The summed E-state index contributed by atoms with van der Waals surface area (Å²) < 4.78 is 0. The van der Waals surface area contributed by atoms with E-state index in [2.05, 4.69) is 42.9 Å². The highest BCUT2D eigenvalue weighted by Crippen LogP contribution is 2.16. The first-order valence-corrected chi connectivity index (χ1v) is 6.84. The van der Waals surface area contributed by atoms with Crippen LogP contribution in [0.25, 0.3) is 0 Å². The maximum absolute atomic E-state index is 4.47. The van der Waals surface area contributed by atoms with Crippen LogP contribution in [0.4, 0.5) is 5.82 Å². The number of nitrogens with zero attached hydrogens (tertiary/aromatic N) is 1. The first-order valence-electron chi connectivity index (χ1n) is 6.84. The molecular weight excluding hydrogens is 232 g/mol. The van der Waals surface area contributed by atoms with Crippen LogP contribution in [0.15, 0.2) is 29.3 Å². The van der Waals surface area contributed by atoms with Gasteiger partial charge in [0.2, 0.25) is 0 Å². The molecule has 0 bridgehead atoms. The lowest BCUT2D eigenvalue weighted by molar-refractivity contribution is 1.24. The number of aliphatic imine (C=N–C) groups is 1. The van der Waals surface area contributed by atoms with Crippen molar-refractivity contribution in [1.29, 1.82) is 0 Å². The van der Waals surface area contributed by atoms with Crippen LogP contribution in [0.1, 0.15) is 41.8 Å². The molecule has 19 heavy (non-hydrogen) atoms. The molecule has 0 fully saturated rings. The summed E-state index contributed by atoms with van der Waals surface area (Å²) in [5.41, 5.74) is 6.19. The van der Waals surface area contributed by atoms with Crippen LogP contribution in [0.3, 0.4) is 0 Å². The minimum atomic E-state index is 0.905. The van der Waals surface area contributed by atoms with Crippen LogP contribution in [-0.2, 0) is 0 Å². The summed E-state index contributed by atoms with van der Waals surface area (Å²) in [6, 6.07) is 8.40. The summed E-state index contributed by atoms with van der Waals surface area (Å²) in [4.78, 5) is 7.67. The molecule has 2 nitrogen and oxygen atoms in total. The largest absolute Gasteiger partial charge is 0.344 e. The molecule has 1 aromatic heterocycles. The van der Waals surface area contributed by atoms with Gasteiger partial charge in [0, 0.05) is 11.9 Å². The zero-order valence-electron chi connectivity index (χ0n) is 12.8. The molecule has 0 unspecified atom stereocenters. The van der Waals surface area contributed by atoms with Crippen molar-refractivity contribution in [3.63, 3.8) is 0 Å². The van der Waals surface area contributed by atoms with Gasteiger partial charge in [0.15, 0.2) is 0 Å². The minimum Gasteiger partial charge on any atom is -0.344 e. The lowest BCUT2D eigenvalue weighted by atomic mass is 10.0. The fourth-order valence-electron chi connectivity index (χ4n) is 2.09. The fourth-order valence-corrected chi connectivity index (χ4v) is 2.09. The maximum Gasteiger partial charge on any atom is 0.130 e. The van der Waals surface area contributed by atoms with Gasteiger partial charge in [-0.05, 0) is 56.5 Å². The third-order valence-corrected chi connectivity index (χ3v) is 2.89. The van der Waals surface area contributed by atoms with Crippen molar-refractivity contribution in [2.75, 3.05) is 0 Å². The summed E-state index contributed by atoms with van der Waals surface area (Å²) in [6.45, 7) is 12.4. The smallest absolute Gasteiger partial charge is 0.130 e. The van der Waals surface area contributed by atoms with Gasteiger partial charge in [-0.1, -0.05) is 31.5 Å². The maximum atomic E-state index is 4.47. The average Bonchev–Trinajstić information content (AvgIpc) is 2.76. The van der Waals surface area contributed by atoms with Gasteiger partial charge in [0.1, 0.15) is 5.82 Å². The molecule has 1 N–H and O–H groups in total. The first kappa shape index (κ1) is 15.2. The van der Waals surface area contributed by atoms with Crippen LogP contribution >= 0.6 is 0 Å². The molecule has 0 spiro atoms. The normalized spacial score (nSPS) is 10.4. The fraction of sp³-hybridized carbons (Fsp3) is 0.353. The number of rotatable bonds is 2. The van der Waals surface area contributed by atoms with E-state index < -0.39 is 0 Å². The summed E-state index contributed by atoms with van der Waals surface area (Å²) in [5, 5.41) is 0. The van der Waals surface area contributed by atoms with E-state index in [9.17, 15) is 0 Å². The van der Waals surface area contributed by atoms with Gasteiger partial charge in [-0.15, -0.1) is 0 Å². The number of benzene rings is 1. The standard InChI is InChI=1S/C15H18N2.C2H6/c1-10-7-11(2)14(12(3)8-10)9-16-15-6-5-13(4)17-15;1-2/h5-9,17H,1-4H3;1-2H3. The van der Waals surface area contributed by atoms with E-state index in [1.165, 1.54) is 22.3 Å². The molecule has 0 aliphatic rings. The third kappa shape index (κ3) is 4.09. The molecular formula is C17H24N2. The van der Waals surface area contributed by atoms with E-state index in [-0.39, 0.29) is 0 Å². The second-order valence-corrected chi connectivity index (χ2v) is 4.60. The average molecular weight is 256 g/mol. The van der Waals surface area contributed by atoms with Crippen molar-refractivity contribution >= 4 is 12.0 Å². The number of hydrogen-bond acceptors (Lipinski definition) is 1. The predicted octanol–water partition coefficient (Wildman–Crippen LogP) is 5.03. The van der Waals surface area contributed by atoms with Gasteiger partial charge in [-0.2, -0.15) is 0 Å². The predicted molar refractivity (Wildman–Crippen MR) is 84.8 cm³/mol. The van der Waals surface area contributed by atoms with Crippen molar-refractivity contribution in [2.45, 2.75) is 41.5 Å². The highest BCUT2D eigenvalue weighted by Gasteiger charge is 2.01. The Balaban J connectivity index is 0.000000861. The van der Waals surface area contributed by atoms with E-state index in [1.807, 2.05) is 39.1 Å². The molecule has 0 radical (unpaired) electrons. The Morgan fingerprint density at radius 2 is 1.53 bits per heavy atom. The molecule has 2 heteroatoms. The Morgan fingerprint density at radius 3 is 2.00 bits per heavy atom. The monoisotopic (exact) mass is 256 g/mol. The highest BCUT2D eigenvalue weighted by atomic mass is 14.9. The molecule has 0 amide bonds. The van der Waals surface area contributed by atoms with E-state index in [0.29, 0.717) is 0 Å². The minimum absolute atomic E-state index is 0.905. The molecule has 1 heterocycles. The van der Waals surface area contributed by atoms with Gasteiger partial charge >= 0.3 is 0 Å². The number of aryl methyl sites for hydroxylation is 4. The topological polar surface area (TPSA) is 28.1 Å². The van der Waals surface area contributed by atoms with Crippen LogP contribution in [-0.4, -0.2) is 11.2 Å². The SMILES string of the molecule is CC.Cc1cc(C)c(C=Nc2ccc(C)[nH]2)c(C)c1. The van der Waals surface area contributed by atoms with Gasteiger partial charge in [0.05, 0.1) is 0 Å². The van der Waals surface area contributed by atoms with E-state index in [4.69, 9.17) is 0 Å². The number of aromatic nitrogens is 1. The lowest BCUT2D eigenvalue weighted by Crippen LogP contribution is -1.93. The molecule has 0 aliphatic heterocycles. The summed E-state index contributed by atoms with van der Waals surface area (Å²) >= 11 is 0. The molecule has 0 saturated carbocycles. The Labute approximate surface area is 116 Å². The summed E-state index contributed by atoms with van der Waals surface area (Å²) in [6.07, 6.45) is 1.94. The molecule has 0 aliphatic carbocycles. The van der Waals surface area contributed by atoms with Gasteiger partial charge < -0.3 is 4.98 Å². The Hall–Kier alpha value is -1.83. The quantitative estimate of drug-likeness (QED) is 0.730. The van der Waals surface area contributed by atoms with Crippen LogP contribution in [0, 0.1) is 27.7 Å². The van der Waals surface area contributed by atoms with Crippen LogP contribution in [0.5, 0.6) is 0 Å². The molecule has 0 atom stereocenters. The number of aromatic amines is 1. The number of H-pyrrole nitrogens is 1. The van der Waals surface area contributed by atoms with Crippen molar-refractivity contribution < 1.29 is 0 Å². The van der Waals surface area contributed by atoms with Crippen molar-refractivity contribution in [1.82, 2.24) is 4.98 Å². The first-order chi connectivity index (χ1) is 9.06. The zero-order valence-corrected chi connectivity index (χ0v) is 12.8. The second kappa shape index (κ2) is 6.93. The van der Waals surface area contributed by atoms with E-state index >= 15 is 0 Å². The lowest BCUT2D eigenvalue weighted by Gasteiger charge is -2.06. The summed E-state index contributed by atoms with van der Waals surface area (Å²) in [7, 11) is 0. The van der Waals surface area contributed by atoms with Crippen molar-refractivity contribution in [3.8, 4) is 0 Å². The Morgan fingerprint density at radius 1 is 0.947 bits per heavy atom. The van der Waals surface area contributed by atoms with Gasteiger partial charge in [-0.3, -0.25) is 0 Å². The molecule has 2 aromatic rings. The van der Waals surface area contributed by atoms with Gasteiger partial charge in [0.25, 0.3) is 0 Å². The Bertz CT molecular complexity index is 539. The second-order valence-electron chi connectivity index (χ2n) is 4.60. The highest BCUT2D eigenvalue weighted by molar-refractivity contribution is 5.85. The van der Waals surface area contributed by atoms with Crippen LogP contribution in [0.2, 0.25) is 0 Å². The van der Waals surface area contributed by atoms with E-state index in [0.717, 1.165) is 11.5 Å². The van der Waals surface area contributed by atoms with Crippen molar-refractivity contribution in [3.05, 3.63) is 52.2 Å². The van der Waals surface area contributed by atoms with Crippen LogP contribution < -0.4 is 0 Å². The molecule has 2 rings (SSSR count). The zero-order chi connectivity index (χ0) is 14.4. The van der Waals surface area contributed by atoms with Crippen molar-refractivity contribution in [2.24, 2.45) is 4.99 Å². The van der Waals surface area contributed by atoms with Gasteiger partial charge in [-0.25, -0.2) is 4.99 Å². The van der Waals surface area contributed by atoms with E-state index in [1.54, 1.807) is 0 Å². The molecule has 102 valence electrons. The third-order valence-electron chi connectivity index (χ3n) is 2.89. The Kier molecular flexibility index (Phi) is 5.56. The molecule has 0 saturated heterocycles.